The lowest BCUT2D eigenvalue weighted by Crippen LogP contribution is -2.31. The molecule has 21 heavy (non-hydrogen) atoms. The van der Waals surface area contributed by atoms with Crippen molar-refractivity contribution in [1.82, 2.24) is 4.90 Å². The van der Waals surface area contributed by atoms with E-state index in [0.29, 0.717) is 17.5 Å². The number of amides is 2. The van der Waals surface area contributed by atoms with E-state index < -0.39 is 12.0 Å². The third-order valence-corrected chi connectivity index (χ3v) is 3.23. The fraction of sp³-hybridized carbons (Fsp3) is 0.333. The molecule has 0 saturated carbocycles. The Labute approximate surface area is 122 Å². The molecule has 1 aliphatic rings. The summed E-state index contributed by atoms with van der Waals surface area (Å²) in [5, 5.41) is 0. The minimum Gasteiger partial charge on any atom is -0.467 e. The van der Waals surface area contributed by atoms with Crippen LogP contribution in [0.5, 0.6) is 0 Å². The number of ether oxygens (including phenoxy) is 1. The molecule has 0 bridgehead atoms. The number of aliphatic imine (C=N–C) groups is 1. The van der Waals surface area contributed by atoms with E-state index in [-0.39, 0.29) is 18.4 Å². The molecule has 1 unspecified atom stereocenters. The van der Waals surface area contributed by atoms with Crippen molar-refractivity contribution in [3.05, 3.63) is 35.4 Å². The van der Waals surface area contributed by atoms with E-state index in [2.05, 4.69) is 9.73 Å². The summed E-state index contributed by atoms with van der Waals surface area (Å²) in [5.41, 5.74) is 0.865. The molecule has 1 aromatic rings. The Bertz CT molecular complexity index is 574. The van der Waals surface area contributed by atoms with Gasteiger partial charge in [-0.25, -0.2) is 4.79 Å². The number of benzene rings is 1. The number of nitrogens with zero attached hydrogens (tertiary/aromatic N) is 2. The Morgan fingerprint density at radius 2 is 1.86 bits per heavy atom. The van der Waals surface area contributed by atoms with E-state index in [1.165, 1.54) is 18.2 Å². The van der Waals surface area contributed by atoms with Gasteiger partial charge in [0, 0.05) is 19.2 Å². The standard InChI is InChI=1S/C15H16N2O4/c1-10(15(20)21-2)16-8-5-9-17-13(18)11-6-3-4-7-12(11)14(17)19/h3-4,6-8,10H,5,9H2,1-2H3. The van der Waals surface area contributed by atoms with Crippen molar-refractivity contribution in [2.75, 3.05) is 13.7 Å². The van der Waals surface area contributed by atoms with Crippen LogP contribution >= 0.6 is 0 Å². The van der Waals surface area contributed by atoms with Crippen LogP contribution in [0.15, 0.2) is 29.3 Å². The van der Waals surface area contributed by atoms with Crippen molar-refractivity contribution >= 4 is 24.0 Å². The van der Waals surface area contributed by atoms with Crippen molar-refractivity contribution < 1.29 is 19.1 Å². The summed E-state index contributed by atoms with van der Waals surface area (Å²) in [7, 11) is 1.30. The molecule has 1 aromatic carbocycles. The molecular formula is C15H16N2O4. The Kier molecular flexibility index (Phi) is 4.47. The molecule has 110 valence electrons. The van der Waals surface area contributed by atoms with Gasteiger partial charge in [-0.2, -0.15) is 0 Å². The van der Waals surface area contributed by atoms with E-state index in [9.17, 15) is 14.4 Å². The smallest absolute Gasteiger partial charge is 0.330 e. The molecule has 1 atom stereocenters. The Morgan fingerprint density at radius 3 is 2.38 bits per heavy atom. The van der Waals surface area contributed by atoms with E-state index in [1.807, 2.05) is 0 Å². The highest BCUT2D eigenvalue weighted by molar-refractivity contribution is 6.21. The van der Waals surface area contributed by atoms with Gasteiger partial charge in [-0.15, -0.1) is 0 Å². The van der Waals surface area contributed by atoms with E-state index in [1.54, 1.807) is 31.2 Å². The van der Waals surface area contributed by atoms with Crippen molar-refractivity contribution in [3.8, 4) is 0 Å². The molecular weight excluding hydrogens is 272 g/mol. The Morgan fingerprint density at radius 1 is 1.29 bits per heavy atom. The van der Waals surface area contributed by atoms with Crippen LogP contribution in [0.25, 0.3) is 0 Å². The molecule has 6 nitrogen and oxygen atoms in total. The summed E-state index contributed by atoms with van der Waals surface area (Å²) in [6, 6.07) is 6.16. The van der Waals surface area contributed by atoms with Crippen LogP contribution in [0.4, 0.5) is 0 Å². The van der Waals surface area contributed by atoms with Gasteiger partial charge in [0.25, 0.3) is 11.8 Å². The lowest BCUT2D eigenvalue weighted by atomic mass is 10.1. The van der Waals surface area contributed by atoms with Crippen molar-refractivity contribution in [3.63, 3.8) is 0 Å². The average Bonchev–Trinajstić information content (AvgIpc) is 2.75. The molecule has 2 rings (SSSR count). The Balaban J connectivity index is 1.94. The third kappa shape index (κ3) is 2.99. The number of fused-ring (bicyclic) bond motifs is 1. The van der Waals surface area contributed by atoms with Gasteiger partial charge in [-0.05, 0) is 19.1 Å². The van der Waals surface area contributed by atoms with Crippen molar-refractivity contribution in [2.24, 2.45) is 4.99 Å². The molecule has 0 aliphatic carbocycles. The zero-order chi connectivity index (χ0) is 15.4. The molecule has 0 N–H and O–H groups in total. The van der Waals surface area contributed by atoms with Gasteiger partial charge in [-0.3, -0.25) is 19.5 Å². The van der Waals surface area contributed by atoms with Crippen molar-refractivity contribution in [1.29, 1.82) is 0 Å². The number of carbonyl (C=O) groups excluding carboxylic acids is 3. The molecule has 6 heteroatoms. The van der Waals surface area contributed by atoms with E-state index in [4.69, 9.17) is 0 Å². The predicted octanol–water partition coefficient (Wildman–Crippen LogP) is 1.30. The number of esters is 1. The lowest BCUT2D eigenvalue weighted by molar-refractivity contribution is -0.141. The topological polar surface area (TPSA) is 76.0 Å². The minimum atomic E-state index is -0.586. The van der Waals surface area contributed by atoms with Crippen LogP contribution in [0.2, 0.25) is 0 Å². The van der Waals surface area contributed by atoms with Crippen LogP contribution < -0.4 is 0 Å². The first kappa shape index (κ1) is 14.9. The monoisotopic (exact) mass is 288 g/mol. The summed E-state index contributed by atoms with van der Waals surface area (Å²) >= 11 is 0. The molecule has 0 aromatic heterocycles. The first-order valence-corrected chi connectivity index (χ1v) is 6.61. The normalized spacial score (nSPS) is 15.4. The fourth-order valence-electron chi connectivity index (χ4n) is 2.09. The van der Waals surface area contributed by atoms with Gasteiger partial charge in [0.2, 0.25) is 0 Å². The SMILES string of the molecule is COC(=O)C(C)N=CCCN1C(=O)c2ccccc2C1=O. The largest absolute Gasteiger partial charge is 0.467 e. The first-order chi connectivity index (χ1) is 10.1. The second-order valence-corrected chi connectivity index (χ2v) is 4.63. The molecule has 0 radical (unpaired) electrons. The van der Waals surface area contributed by atoms with Crippen LogP contribution in [0.1, 0.15) is 34.1 Å². The molecule has 0 fully saturated rings. The highest BCUT2D eigenvalue weighted by Crippen LogP contribution is 2.22. The molecule has 0 spiro atoms. The number of imide groups is 1. The van der Waals surface area contributed by atoms with E-state index in [0.717, 1.165) is 0 Å². The number of methoxy groups -OCH3 is 1. The summed E-state index contributed by atoms with van der Waals surface area (Å²) in [4.78, 5) is 40.5. The van der Waals surface area contributed by atoms with Crippen molar-refractivity contribution in [2.45, 2.75) is 19.4 Å². The van der Waals surface area contributed by atoms with Crippen LogP contribution in [-0.2, 0) is 9.53 Å². The van der Waals surface area contributed by atoms with Gasteiger partial charge in [0.15, 0.2) is 0 Å². The highest BCUT2D eigenvalue weighted by Gasteiger charge is 2.34. The van der Waals surface area contributed by atoms with Gasteiger partial charge in [0.1, 0.15) is 6.04 Å². The summed E-state index contributed by atoms with van der Waals surface area (Å²) in [6.07, 6.45) is 1.93. The second-order valence-electron chi connectivity index (χ2n) is 4.63. The highest BCUT2D eigenvalue weighted by atomic mass is 16.5. The van der Waals surface area contributed by atoms with E-state index >= 15 is 0 Å². The minimum absolute atomic E-state index is 0.240. The average molecular weight is 288 g/mol. The summed E-state index contributed by atoms with van der Waals surface area (Å²) in [5.74, 6) is -0.998. The van der Waals surface area contributed by atoms with Crippen LogP contribution in [0.3, 0.4) is 0 Å². The summed E-state index contributed by atoms with van der Waals surface area (Å²) < 4.78 is 4.55. The number of carbonyl (C=O) groups is 3. The van der Waals surface area contributed by atoms with Gasteiger partial charge in [0.05, 0.1) is 18.2 Å². The van der Waals surface area contributed by atoms with Gasteiger partial charge < -0.3 is 4.74 Å². The number of rotatable bonds is 5. The maximum absolute atomic E-state index is 12.1. The van der Waals surface area contributed by atoms with Gasteiger partial charge >= 0.3 is 5.97 Å². The molecule has 0 saturated heterocycles. The number of hydrogen-bond acceptors (Lipinski definition) is 5. The van der Waals surface area contributed by atoms with Crippen LogP contribution in [-0.4, -0.2) is 48.6 Å². The Hall–Kier alpha value is -2.50. The zero-order valence-electron chi connectivity index (χ0n) is 11.9. The maximum atomic E-state index is 12.1. The maximum Gasteiger partial charge on any atom is 0.330 e. The number of hydrogen-bond donors (Lipinski definition) is 0. The predicted molar refractivity (Wildman–Crippen MR) is 76.4 cm³/mol. The zero-order valence-corrected chi connectivity index (χ0v) is 11.9. The summed E-state index contributed by atoms with van der Waals surface area (Å²) in [6.45, 7) is 1.86. The van der Waals surface area contributed by atoms with Crippen LogP contribution in [0, 0.1) is 0 Å². The first-order valence-electron chi connectivity index (χ1n) is 6.61. The lowest BCUT2D eigenvalue weighted by Gasteiger charge is -2.11. The quantitative estimate of drug-likeness (QED) is 0.465. The molecule has 2 amide bonds. The molecule has 1 heterocycles. The fourth-order valence-corrected chi connectivity index (χ4v) is 2.09. The molecule has 1 aliphatic heterocycles. The van der Waals surface area contributed by atoms with Gasteiger partial charge in [-0.1, -0.05) is 12.1 Å². The second kappa shape index (κ2) is 6.30. The third-order valence-electron chi connectivity index (χ3n) is 3.23.